The first kappa shape index (κ1) is 9.74. The minimum absolute atomic E-state index is 0.232. The Morgan fingerprint density at radius 2 is 2.21 bits per heavy atom. The average Bonchev–Trinajstić information content (AvgIpc) is 2.69. The third-order valence-electron chi connectivity index (χ3n) is 2.90. The van der Waals surface area contributed by atoms with Crippen LogP contribution < -0.4 is 5.32 Å². The summed E-state index contributed by atoms with van der Waals surface area (Å²) in [6.07, 6.45) is 5.68. The Balaban J connectivity index is 1.84. The van der Waals surface area contributed by atoms with Gasteiger partial charge in [-0.2, -0.15) is 0 Å². The Morgan fingerprint density at radius 3 is 2.86 bits per heavy atom. The molecule has 2 heterocycles. The van der Waals surface area contributed by atoms with Gasteiger partial charge < -0.3 is 14.5 Å². The lowest BCUT2D eigenvalue weighted by Gasteiger charge is -2.34. The van der Waals surface area contributed by atoms with Gasteiger partial charge in [0.25, 0.3) is 0 Å². The smallest absolute Gasteiger partial charge is 0.0947 e. The minimum Gasteiger partial charge on any atom is -0.472 e. The molecule has 0 spiro atoms. The first-order chi connectivity index (χ1) is 6.79. The van der Waals surface area contributed by atoms with Crippen LogP contribution in [0, 0.1) is 0 Å². The van der Waals surface area contributed by atoms with Gasteiger partial charge in [0, 0.05) is 30.9 Å². The maximum atomic E-state index is 5.34. The molecule has 3 heteroatoms. The van der Waals surface area contributed by atoms with E-state index >= 15 is 0 Å². The van der Waals surface area contributed by atoms with Crippen LogP contribution in [0.25, 0.3) is 0 Å². The van der Waals surface area contributed by atoms with Gasteiger partial charge in [0.05, 0.1) is 12.5 Å². The standard InChI is InChI=1S/C11H17NO2/c1-11(3-6-13-7-4-11)12-8-10-2-5-14-9-10/h2,5,9,12H,3-4,6-8H2,1H3. The van der Waals surface area contributed by atoms with Crippen molar-refractivity contribution >= 4 is 0 Å². The second-order valence-electron chi connectivity index (χ2n) is 4.16. The number of nitrogens with one attached hydrogen (secondary N) is 1. The Morgan fingerprint density at radius 1 is 1.43 bits per heavy atom. The van der Waals surface area contributed by atoms with Crippen LogP contribution in [0.2, 0.25) is 0 Å². The summed E-state index contributed by atoms with van der Waals surface area (Å²) >= 11 is 0. The van der Waals surface area contributed by atoms with E-state index < -0.39 is 0 Å². The molecule has 0 aliphatic carbocycles. The van der Waals surface area contributed by atoms with Crippen molar-refractivity contribution in [3.63, 3.8) is 0 Å². The lowest BCUT2D eigenvalue weighted by Crippen LogP contribution is -2.46. The highest BCUT2D eigenvalue weighted by Gasteiger charge is 2.26. The van der Waals surface area contributed by atoms with Crippen molar-refractivity contribution in [3.8, 4) is 0 Å². The maximum Gasteiger partial charge on any atom is 0.0947 e. The highest BCUT2D eigenvalue weighted by Crippen LogP contribution is 2.20. The van der Waals surface area contributed by atoms with Crippen LogP contribution in [-0.4, -0.2) is 18.8 Å². The minimum atomic E-state index is 0.232. The Labute approximate surface area is 84.4 Å². The highest BCUT2D eigenvalue weighted by atomic mass is 16.5. The van der Waals surface area contributed by atoms with Crippen molar-refractivity contribution in [2.24, 2.45) is 0 Å². The molecule has 1 aromatic heterocycles. The summed E-state index contributed by atoms with van der Waals surface area (Å²) < 4.78 is 10.4. The van der Waals surface area contributed by atoms with Crippen LogP contribution >= 0.6 is 0 Å². The van der Waals surface area contributed by atoms with Crippen LogP contribution in [0.4, 0.5) is 0 Å². The van der Waals surface area contributed by atoms with Crippen molar-refractivity contribution in [3.05, 3.63) is 24.2 Å². The van der Waals surface area contributed by atoms with E-state index in [1.165, 1.54) is 5.56 Å². The summed E-state index contributed by atoms with van der Waals surface area (Å²) in [6.45, 7) is 4.88. The highest BCUT2D eigenvalue weighted by molar-refractivity contribution is 5.05. The third-order valence-corrected chi connectivity index (χ3v) is 2.90. The molecule has 2 rings (SSSR count). The van der Waals surface area contributed by atoms with E-state index in [0.29, 0.717) is 0 Å². The van der Waals surface area contributed by atoms with Crippen molar-refractivity contribution in [2.45, 2.75) is 31.8 Å². The normalized spacial score (nSPS) is 20.9. The number of hydrogen-bond acceptors (Lipinski definition) is 3. The van der Waals surface area contributed by atoms with E-state index in [1.54, 1.807) is 12.5 Å². The molecule has 0 bridgehead atoms. The molecule has 1 fully saturated rings. The van der Waals surface area contributed by atoms with Gasteiger partial charge in [0.1, 0.15) is 0 Å². The van der Waals surface area contributed by atoms with Gasteiger partial charge in [0.2, 0.25) is 0 Å². The molecular weight excluding hydrogens is 178 g/mol. The second kappa shape index (κ2) is 4.15. The Hall–Kier alpha value is -0.800. The van der Waals surface area contributed by atoms with Gasteiger partial charge in [0.15, 0.2) is 0 Å². The predicted molar refractivity (Wildman–Crippen MR) is 54.0 cm³/mol. The number of rotatable bonds is 3. The molecule has 1 aromatic rings. The van der Waals surface area contributed by atoms with Gasteiger partial charge in [-0.3, -0.25) is 0 Å². The van der Waals surface area contributed by atoms with E-state index in [9.17, 15) is 0 Å². The fraction of sp³-hybridized carbons (Fsp3) is 0.636. The van der Waals surface area contributed by atoms with Gasteiger partial charge >= 0.3 is 0 Å². The molecule has 1 saturated heterocycles. The molecule has 78 valence electrons. The summed E-state index contributed by atoms with van der Waals surface area (Å²) in [5, 5.41) is 3.56. The first-order valence-corrected chi connectivity index (χ1v) is 5.12. The molecule has 1 aliphatic rings. The van der Waals surface area contributed by atoms with E-state index in [2.05, 4.69) is 12.2 Å². The molecule has 0 aromatic carbocycles. The van der Waals surface area contributed by atoms with Crippen LogP contribution in [0.1, 0.15) is 25.3 Å². The molecule has 14 heavy (non-hydrogen) atoms. The molecule has 0 amide bonds. The van der Waals surface area contributed by atoms with Gasteiger partial charge in [-0.15, -0.1) is 0 Å². The summed E-state index contributed by atoms with van der Waals surface area (Å²) in [5.74, 6) is 0. The third kappa shape index (κ3) is 2.36. The topological polar surface area (TPSA) is 34.4 Å². The molecule has 0 radical (unpaired) electrons. The number of ether oxygens (including phenoxy) is 1. The maximum absolute atomic E-state index is 5.34. The molecule has 0 atom stereocenters. The van der Waals surface area contributed by atoms with E-state index in [4.69, 9.17) is 9.15 Å². The van der Waals surface area contributed by atoms with Crippen molar-refractivity contribution < 1.29 is 9.15 Å². The van der Waals surface area contributed by atoms with E-state index in [-0.39, 0.29) is 5.54 Å². The van der Waals surface area contributed by atoms with Crippen molar-refractivity contribution in [2.75, 3.05) is 13.2 Å². The monoisotopic (exact) mass is 195 g/mol. The molecule has 0 unspecified atom stereocenters. The second-order valence-corrected chi connectivity index (χ2v) is 4.16. The fourth-order valence-corrected chi connectivity index (χ4v) is 1.71. The zero-order valence-electron chi connectivity index (χ0n) is 8.58. The summed E-state index contributed by atoms with van der Waals surface area (Å²) in [7, 11) is 0. The summed E-state index contributed by atoms with van der Waals surface area (Å²) in [6, 6.07) is 2.00. The first-order valence-electron chi connectivity index (χ1n) is 5.12. The SMILES string of the molecule is CC1(NCc2ccoc2)CCOCC1. The molecule has 0 saturated carbocycles. The lowest BCUT2D eigenvalue weighted by atomic mass is 9.92. The van der Waals surface area contributed by atoms with Crippen LogP contribution in [0.3, 0.4) is 0 Å². The quantitative estimate of drug-likeness (QED) is 0.800. The van der Waals surface area contributed by atoms with Crippen molar-refractivity contribution in [1.29, 1.82) is 0 Å². The zero-order valence-corrected chi connectivity index (χ0v) is 8.58. The zero-order chi connectivity index (χ0) is 9.86. The summed E-state index contributed by atoms with van der Waals surface area (Å²) in [5.41, 5.74) is 1.44. The van der Waals surface area contributed by atoms with Gasteiger partial charge in [-0.1, -0.05) is 0 Å². The largest absolute Gasteiger partial charge is 0.472 e. The molecule has 1 aliphatic heterocycles. The molecular formula is C11H17NO2. The van der Waals surface area contributed by atoms with Crippen LogP contribution in [0.15, 0.2) is 23.0 Å². The summed E-state index contributed by atoms with van der Waals surface area (Å²) in [4.78, 5) is 0. The molecule has 1 N–H and O–H groups in total. The molecule has 3 nitrogen and oxygen atoms in total. The van der Waals surface area contributed by atoms with E-state index in [0.717, 1.165) is 32.6 Å². The van der Waals surface area contributed by atoms with Crippen LogP contribution in [-0.2, 0) is 11.3 Å². The van der Waals surface area contributed by atoms with Gasteiger partial charge in [-0.25, -0.2) is 0 Å². The predicted octanol–water partition coefficient (Wildman–Crippen LogP) is 1.94. The lowest BCUT2D eigenvalue weighted by molar-refractivity contribution is 0.0446. The van der Waals surface area contributed by atoms with Crippen molar-refractivity contribution in [1.82, 2.24) is 5.32 Å². The van der Waals surface area contributed by atoms with E-state index in [1.807, 2.05) is 6.07 Å². The van der Waals surface area contributed by atoms with Gasteiger partial charge in [-0.05, 0) is 25.8 Å². The number of furan rings is 1. The van der Waals surface area contributed by atoms with Crippen LogP contribution in [0.5, 0.6) is 0 Å². The Kier molecular flexibility index (Phi) is 2.89. The fourth-order valence-electron chi connectivity index (χ4n) is 1.71. The number of hydrogen-bond donors (Lipinski definition) is 1. The Bertz CT molecular complexity index is 263. The average molecular weight is 195 g/mol.